The molecular weight excluding hydrogens is 130 g/mol. The monoisotopic (exact) mass is 147 g/mol. The summed E-state index contributed by atoms with van der Waals surface area (Å²) in [5.41, 5.74) is 0. The van der Waals surface area contributed by atoms with Crippen molar-refractivity contribution in [3.63, 3.8) is 0 Å². The maximum Gasteiger partial charge on any atom is 0.169 e. The predicted octanol–water partition coefficient (Wildman–Crippen LogP) is 0.605. The first kappa shape index (κ1) is 9.88. The molecule has 0 amide bonds. The van der Waals surface area contributed by atoms with Gasteiger partial charge in [0.15, 0.2) is 6.29 Å². The average Bonchev–Trinajstić information content (AvgIpc) is 1.98. The van der Waals surface area contributed by atoms with Crippen molar-refractivity contribution in [3.05, 3.63) is 0 Å². The Hall–Kier alpha value is -0.120. The molecule has 0 aromatic rings. The lowest BCUT2D eigenvalue weighted by Crippen LogP contribution is -2.30. The fourth-order valence-electron chi connectivity index (χ4n) is 0.658. The second-order valence-electron chi connectivity index (χ2n) is 1.93. The van der Waals surface area contributed by atoms with Crippen molar-refractivity contribution in [3.8, 4) is 0 Å². The van der Waals surface area contributed by atoms with E-state index in [-0.39, 0.29) is 6.29 Å². The summed E-state index contributed by atoms with van der Waals surface area (Å²) in [6, 6.07) is 0. The van der Waals surface area contributed by atoms with Gasteiger partial charge in [0.05, 0.1) is 0 Å². The van der Waals surface area contributed by atoms with Crippen LogP contribution in [-0.2, 0) is 9.47 Å². The molecule has 0 aliphatic heterocycles. The van der Waals surface area contributed by atoms with E-state index in [1.54, 1.807) is 7.11 Å². The molecule has 0 aromatic heterocycles. The van der Waals surface area contributed by atoms with Gasteiger partial charge < -0.3 is 14.8 Å². The third-order valence-electron chi connectivity index (χ3n) is 1.18. The van der Waals surface area contributed by atoms with Gasteiger partial charge in [0.25, 0.3) is 0 Å². The van der Waals surface area contributed by atoms with E-state index in [1.165, 1.54) is 0 Å². The molecule has 0 aliphatic carbocycles. The largest absolute Gasteiger partial charge is 0.355 e. The molecule has 1 N–H and O–H groups in total. The maximum absolute atomic E-state index is 5.21. The molecule has 0 heterocycles. The molecule has 0 radical (unpaired) electrons. The number of nitrogens with one attached hydrogen (secondary N) is 1. The molecule has 10 heavy (non-hydrogen) atoms. The highest BCUT2D eigenvalue weighted by Gasteiger charge is 2.02. The highest BCUT2D eigenvalue weighted by Crippen LogP contribution is 1.89. The predicted molar refractivity (Wildman–Crippen MR) is 41.0 cm³/mol. The molecule has 3 nitrogen and oxygen atoms in total. The fourth-order valence-corrected chi connectivity index (χ4v) is 0.658. The van der Waals surface area contributed by atoms with Crippen molar-refractivity contribution in [2.24, 2.45) is 0 Å². The number of methoxy groups -OCH3 is 1. The SMILES string of the molecule is CCNCC(OC)OCC. The first-order chi connectivity index (χ1) is 4.85. The summed E-state index contributed by atoms with van der Waals surface area (Å²) in [5, 5.41) is 3.13. The van der Waals surface area contributed by atoms with E-state index >= 15 is 0 Å². The number of likely N-dealkylation sites (N-methyl/N-ethyl adjacent to an activating group) is 1. The van der Waals surface area contributed by atoms with Gasteiger partial charge in [-0.3, -0.25) is 0 Å². The van der Waals surface area contributed by atoms with Crippen LogP contribution in [0.4, 0.5) is 0 Å². The van der Waals surface area contributed by atoms with Gasteiger partial charge in [0.2, 0.25) is 0 Å². The Kier molecular flexibility index (Phi) is 6.91. The van der Waals surface area contributed by atoms with Gasteiger partial charge in [0.1, 0.15) is 0 Å². The third-order valence-corrected chi connectivity index (χ3v) is 1.18. The normalized spacial score (nSPS) is 13.5. The van der Waals surface area contributed by atoms with Crippen LogP contribution in [0.25, 0.3) is 0 Å². The summed E-state index contributed by atoms with van der Waals surface area (Å²) in [7, 11) is 1.65. The molecule has 0 aromatic carbocycles. The van der Waals surface area contributed by atoms with E-state index in [0.29, 0.717) is 6.61 Å². The van der Waals surface area contributed by atoms with Gasteiger partial charge in [-0.05, 0) is 13.5 Å². The lowest BCUT2D eigenvalue weighted by molar-refractivity contribution is -0.116. The summed E-state index contributed by atoms with van der Waals surface area (Å²) in [4.78, 5) is 0. The Morgan fingerprint density at radius 3 is 2.50 bits per heavy atom. The highest BCUT2D eigenvalue weighted by molar-refractivity contribution is 4.47. The minimum absolute atomic E-state index is 0.0926. The van der Waals surface area contributed by atoms with Gasteiger partial charge in [-0.15, -0.1) is 0 Å². The van der Waals surface area contributed by atoms with Crippen LogP contribution in [0.1, 0.15) is 13.8 Å². The van der Waals surface area contributed by atoms with Crippen molar-refractivity contribution >= 4 is 0 Å². The van der Waals surface area contributed by atoms with Crippen LogP contribution in [0.15, 0.2) is 0 Å². The summed E-state index contributed by atoms with van der Waals surface area (Å²) in [6.07, 6.45) is -0.0926. The number of ether oxygens (including phenoxy) is 2. The van der Waals surface area contributed by atoms with E-state index in [2.05, 4.69) is 12.2 Å². The summed E-state index contributed by atoms with van der Waals surface area (Å²) < 4.78 is 10.2. The second-order valence-corrected chi connectivity index (χ2v) is 1.93. The van der Waals surface area contributed by atoms with Crippen molar-refractivity contribution < 1.29 is 9.47 Å². The zero-order valence-corrected chi connectivity index (χ0v) is 7.02. The van der Waals surface area contributed by atoms with E-state index < -0.39 is 0 Å². The first-order valence-electron chi connectivity index (χ1n) is 3.70. The van der Waals surface area contributed by atoms with Crippen LogP contribution in [0.2, 0.25) is 0 Å². The first-order valence-corrected chi connectivity index (χ1v) is 3.70. The van der Waals surface area contributed by atoms with Gasteiger partial charge >= 0.3 is 0 Å². The topological polar surface area (TPSA) is 30.5 Å². The van der Waals surface area contributed by atoms with Gasteiger partial charge in [0, 0.05) is 20.3 Å². The molecule has 0 aliphatic rings. The molecule has 3 heteroatoms. The Bertz CT molecular complexity index is 68.6. The molecule has 0 saturated carbocycles. The van der Waals surface area contributed by atoms with Crippen LogP contribution in [0, 0.1) is 0 Å². The van der Waals surface area contributed by atoms with Crippen molar-refractivity contribution in [2.75, 3.05) is 26.8 Å². The zero-order valence-electron chi connectivity index (χ0n) is 7.02. The number of hydrogen-bond donors (Lipinski definition) is 1. The molecule has 0 rings (SSSR count). The van der Waals surface area contributed by atoms with Gasteiger partial charge in [-0.2, -0.15) is 0 Å². The molecule has 62 valence electrons. The van der Waals surface area contributed by atoms with Crippen LogP contribution in [0.3, 0.4) is 0 Å². The third kappa shape index (κ3) is 4.73. The van der Waals surface area contributed by atoms with Crippen LogP contribution in [0.5, 0.6) is 0 Å². The highest BCUT2D eigenvalue weighted by atomic mass is 16.7. The van der Waals surface area contributed by atoms with E-state index in [4.69, 9.17) is 9.47 Å². The lowest BCUT2D eigenvalue weighted by atomic mass is 10.6. The van der Waals surface area contributed by atoms with E-state index in [0.717, 1.165) is 13.1 Å². The molecule has 0 saturated heterocycles. The average molecular weight is 147 g/mol. The molecule has 1 atom stereocenters. The quantitative estimate of drug-likeness (QED) is 0.558. The molecule has 1 unspecified atom stereocenters. The maximum atomic E-state index is 5.21. The molecular formula is C7H17NO2. The smallest absolute Gasteiger partial charge is 0.169 e. The Morgan fingerprint density at radius 1 is 1.40 bits per heavy atom. The molecule has 0 fully saturated rings. The Balaban J connectivity index is 3.21. The zero-order chi connectivity index (χ0) is 7.82. The Morgan fingerprint density at radius 2 is 2.10 bits per heavy atom. The minimum Gasteiger partial charge on any atom is -0.355 e. The fraction of sp³-hybridized carbons (Fsp3) is 1.00. The van der Waals surface area contributed by atoms with E-state index in [9.17, 15) is 0 Å². The van der Waals surface area contributed by atoms with E-state index in [1.807, 2.05) is 6.92 Å². The molecule has 0 bridgehead atoms. The summed E-state index contributed by atoms with van der Waals surface area (Å²) in [5.74, 6) is 0. The number of rotatable bonds is 6. The van der Waals surface area contributed by atoms with Crippen molar-refractivity contribution in [1.82, 2.24) is 5.32 Å². The van der Waals surface area contributed by atoms with Gasteiger partial charge in [-0.25, -0.2) is 0 Å². The molecule has 0 spiro atoms. The Labute approximate surface area is 62.7 Å². The van der Waals surface area contributed by atoms with Crippen molar-refractivity contribution in [2.45, 2.75) is 20.1 Å². The van der Waals surface area contributed by atoms with Crippen molar-refractivity contribution in [1.29, 1.82) is 0 Å². The van der Waals surface area contributed by atoms with Crippen LogP contribution < -0.4 is 5.32 Å². The standard InChI is InChI=1S/C7H17NO2/c1-4-8-6-7(9-3)10-5-2/h7-8H,4-6H2,1-3H3. The van der Waals surface area contributed by atoms with Gasteiger partial charge in [-0.1, -0.05) is 6.92 Å². The van der Waals surface area contributed by atoms with Crippen LogP contribution >= 0.6 is 0 Å². The second kappa shape index (κ2) is 6.99. The number of hydrogen-bond acceptors (Lipinski definition) is 3. The summed E-state index contributed by atoms with van der Waals surface area (Å²) in [6.45, 7) is 6.42. The minimum atomic E-state index is -0.0926. The summed E-state index contributed by atoms with van der Waals surface area (Å²) >= 11 is 0. The lowest BCUT2D eigenvalue weighted by Gasteiger charge is -2.14. The van der Waals surface area contributed by atoms with Crippen LogP contribution in [-0.4, -0.2) is 33.1 Å².